The molecule has 2 unspecified atom stereocenters. The molecule has 0 amide bonds. The third kappa shape index (κ3) is 10.3. The van der Waals surface area contributed by atoms with Gasteiger partial charge in [-0.1, -0.05) is 39.0 Å². The molecule has 0 aromatic heterocycles. The molecule has 21 heavy (non-hydrogen) atoms. The topological polar surface area (TPSA) is 96.2 Å². The van der Waals surface area contributed by atoms with E-state index in [0.717, 1.165) is 30.0 Å². The first-order valence-corrected chi connectivity index (χ1v) is 8.01. The lowest BCUT2D eigenvalue weighted by Gasteiger charge is -2.29. The minimum atomic E-state index is -1.01. The van der Waals surface area contributed by atoms with E-state index in [0.29, 0.717) is 12.8 Å². The Morgan fingerprint density at radius 2 is 1.81 bits per heavy atom. The van der Waals surface area contributed by atoms with Gasteiger partial charge in [0, 0.05) is 49.6 Å². The van der Waals surface area contributed by atoms with Gasteiger partial charge in [-0.3, -0.25) is 0 Å². The molecule has 1 N–H and O–H groups in total. The fourth-order valence-electron chi connectivity index (χ4n) is 1.54. The molecule has 0 saturated carbocycles. The number of carboxylic acid groups (broad SMARTS) is 1. The van der Waals surface area contributed by atoms with Crippen LogP contribution in [0.25, 0.3) is 0 Å². The summed E-state index contributed by atoms with van der Waals surface area (Å²) in [6, 6.07) is 0. The van der Waals surface area contributed by atoms with Crippen molar-refractivity contribution in [3.05, 3.63) is 34.1 Å². The van der Waals surface area contributed by atoms with Crippen LogP contribution < -0.4 is 0 Å². The summed E-state index contributed by atoms with van der Waals surface area (Å²) in [4.78, 5) is 31.3. The normalized spacial score (nSPS) is 15.2. The number of rotatable bonds is 10. The lowest BCUT2D eigenvalue weighted by Crippen LogP contribution is -2.26. The molecule has 0 aromatic rings. The average Bonchev–Trinajstić information content (AvgIpc) is 2.36. The smallest absolute Gasteiger partial charge is 0.328 e. The summed E-state index contributed by atoms with van der Waals surface area (Å²) in [5.41, 5.74) is -0.118. The van der Waals surface area contributed by atoms with Crippen molar-refractivity contribution >= 4 is 29.9 Å². The molecule has 0 aliphatic heterocycles. The minimum Gasteiger partial charge on any atom is -0.478 e. The van der Waals surface area contributed by atoms with Gasteiger partial charge in [0.05, 0.1) is 0 Å². The molecule has 0 radical (unpaired) electrons. The summed E-state index contributed by atoms with van der Waals surface area (Å²) in [6.07, 6.45) is 7.02. The summed E-state index contributed by atoms with van der Waals surface area (Å²) in [7, 11) is 0. The predicted octanol–water partition coefficient (Wildman–Crippen LogP) is 4.58. The van der Waals surface area contributed by atoms with E-state index in [1.807, 2.05) is 20.8 Å². The molecule has 0 aromatic carbocycles. The Balaban J connectivity index is 4.62. The van der Waals surface area contributed by atoms with E-state index >= 15 is 0 Å². The largest absolute Gasteiger partial charge is 0.478 e. The van der Waals surface area contributed by atoms with Crippen molar-refractivity contribution < 1.29 is 9.90 Å². The van der Waals surface area contributed by atoms with E-state index in [1.165, 1.54) is 6.08 Å². The molecule has 0 bridgehead atoms. The van der Waals surface area contributed by atoms with Gasteiger partial charge in [0.1, 0.15) is 0 Å². The third-order valence-electron chi connectivity index (χ3n) is 2.69. The molecule has 8 heteroatoms. The highest BCUT2D eigenvalue weighted by atomic mass is 32.2. The number of nitroso groups, excluding NO2 is 2. The number of hydrogen-bond acceptors (Lipinski definition) is 7. The van der Waals surface area contributed by atoms with Crippen molar-refractivity contribution in [2.24, 2.45) is 14.6 Å². The van der Waals surface area contributed by atoms with Crippen LogP contribution in [0.4, 0.5) is 0 Å². The van der Waals surface area contributed by atoms with Crippen molar-refractivity contribution in [3.8, 4) is 0 Å². The highest BCUT2D eigenvalue weighted by Gasteiger charge is 2.29. The van der Waals surface area contributed by atoms with E-state index in [4.69, 9.17) is 5.11 Å². The SMILES string of the molecule is CC(C)(C)C(CC(C/C=C/C=C/C(=O)O)SN=O)SN=O. The maximum absolute atomic E-state index is 10.5. The summed E-state index contributed by atoms with van der Waals surface area (Å²) in [5.74, 6) is -1.01. The lowest BCUT2D eigenvalue weighted by molar-refractivity contribution is -0.131. The summed E-state index contributed by atoms with van der Waals surface area (Å²) >= 11 is 1.91. The monoisotopic (exact) mass is 332 g/mol. The fourth-order valence-corrected chi connectivity index (χ4v) is 2.99. The molecular weight excluding hydrogens is 312 g/mol. The second-order valence-corrected chi connectivity index (χ2v) is 7.39. The van der Waals surface area contributed by atoms with E-state index in [1.54, 1.807) is 12.2 Å². The van der Waals surface area contributed by atoms with Crippen LogP contribution in [-0.4, -0.2) is 21.6 Å². The second kappa shape index (κ2) is 10.6. The van der Waals surface area contributed by atoms with Crippen LogP contribution >= 0.6 is 23.9 Å². The van der Waals surface area contributed by atoms with Crippen LogP contribution in [0.1, 0.15) is 33.6 Å². The van der Waals surface area contributed by atoms with Crippen molar-refractivity contribution in [3.63, 3.8) is 0 Å². The number of nitrogens with zero attached hydrogens (tertiary/aromatic N) is 2. The molecular formula is C13H20N2O4S2. The minimum absolute atomic E-state index is 0.0165. The molecule has 2 atom stereocenters. The van der Waals surface area contributed by atoms with Gasteiger partial charge < -0.3 is 5.11 Å². The zero-order valence-electron chi connectivity index (χ0n) is 12.3. The first-order valence-electron chi connectivity index (χ1n) is 6.34. The maximum atomic E-state index is 10.5. The van der Waals surface area contributed by atoms with E-state index in [2.05, 4.69) is 9.16 Å². The van der Waals surface area contributed by atoms with Crippen LogP contribution in [-0.2, 0) is 4.79 Å². The lowest BCUT2D eigenvalue weighted by atomic mass is 9.88. The van der Waals surface area contributed by atoms with Crippen molar-refractivity contribution in [2.75, 3.05) is 0 Å². The van der Waals surface area contributed by atoms with Crippen LogP contribution in [0.2, 0.25) is 0 Å². The molecule has 0 rings (SSSR count). The molecule has 0 spiro atoms. The summed E-state index contributed by atoms with van der Waals surface area (Å²) < 4.78 is 5.76. The zero-order chi connectivity index (χ0) is 16.3. The fraction of sp³-hybridized carbons (Fsp3) is 0.615. The number of carboxylic acids is 1. The Kier molecular flexibility index (Phi) is 9.98. The quantitative estimate of drug-likeness (QED) is 0.272. The van der Waals surface area contributed by atoms with Gasteiger partial charge in [-0.05, 0) is 18.3 Å². The van der Waals surface area contributed by atoms with Crippen LogP contribution in [0.3, 0.4) is 0 Å². The van der Waals surface area contributed by atoms with Gasteiger partial charge in [0.2, 0.25) is 0 Å². The van der Waals surface area contributed by atoms with Gasteiger partial charge in [-0.25, -0.2) is 4.79 Å². The Bertz CT molecular complexity index is 405. The first-order chi connectivity index (χ1) is 9.81. The molecule has 0 aliphatic rings. The van der Waals surface area contributed by atoms with Crippen molar-refractivity contribution in [1.29, 1.82) is 0 Å². The molecule has 6 nitrogen and oxygen atoms in total. The molecule has 0 saturated heterocycles. The maximum Gasteiger partial charge on any atom is 0.328 e. The Morgan fingerprint density at radius 1 is 1.19 bits per heavy atom. The van der Waals surface area contributed by atoms with Crippen molar-refractivity contribution in [2.45, 2.75) is 44.1 Å². The average molecular weight is 332 g/mol. The van der Waals surface area contributed by atoms with Gasteiger partial charge >= 0.3 is 5.97 Å². The van der Waals surface area contributed by atoms with Gasteiger partial charge in [-0.2, -0.15) is 0 Å². The summed E-state index contributed by atoms with van der Waals surface area (Å²) in [5, 5.41) is 8.36. The predicted molar refractivity (Wildman–Crippen MR) is 89.0 cm³/mol. The Hall–Kier alpha value is -1.15. The van der Waals surface area contributed by atoms with Gasteiger partial charge in [-0.15, -0.1) is 9.81 Å². The van der Waals surface area contributed by atoms with Crippen LogP contribution in [0.5, 0.6) is 0 Å². The third-order valence-corrected chi connectivity index (χ3v) is 4.70. The van der Waals surface area contributed by atoms with E-state index in [9.17, 15) is 14.6 Å². The number of hydrogen-bond donors (Lipinski definition) is 1. The standard InChI is InChI=1S/C13H20N2O4S2/c1-13(2,3)11(21-15-19)9-10(20-14-18)7-5-4-6-8-12(16)17/h4-6,8,10-11H,7,9H2,1-3H3,(H,16,17)/b5-4+,8-6+. The molecule has 0 fully saturated rings. The van der Waals surface area contributed by atoms with Crippen LogP contribution in [0.15, 0.2) is 33.5 Å². The Labute approximate surface area is 133 Å². The highest BCUT2D eigenvalue weighted by molar-refractivity contribution is 7.99. The molecule has 0 heterocycles. The molecule has 0 aliphatic carbocycles. The van der Waals surface area contributed by atoms with Gasteiger partial charge in [0.15, 0.2) is 0 Å². The number of aliphatic carboxylic acids is 1. The van der Waals surface area contributed by atoms with Gasteiger partial charge in [0.25, 0.3) is 0 Å². The Morgan fingerprint density at radius 3 is 2.29 bits per heavy atom. The number of allylic oxidation sites excluding steroid dienone is 3. The van der Waals surface area contributed by atoms with Crippen LogP contribution in [0, 0.1) is 15.2 Å². The second-order valence-electron chi connectivity index (χ2n) is 5.43. The zero-order valence-corrected chi connectivity index (χ0v) is 13.9. The summed E-state index contributed by atoms with van der Waals surface area (Å²) in [6.45, 7) is 6.03. The van der Waals surface area contributed by atoms with E-state index in [-0.39, 0.29) is 15.9 Å². The van der Waals surface area contributed by atoms with Crippen molar-refractivity contribution in [1.82, 2.24) is 0 Å². The highest BCUT2D eigenvalue weighted by Crippen LogP contribution is 2.37. The molecule has 118 valence electrons. The number of carbonyl (C=O) groups is 1. The van der Waals surface area contributed by atoms with E-state index < -0.39 is 5.97 Å². The first kappa shape index (κ1) is 19.9.